The van der Waals surface area contributed by atoms with Gasteiger partial charge in [-0.1, -0.05) is 13.0 Å². The average Bonchev–Trinajstić information content (AvgIpc) is 2.57. The van der Waals surface area contributed by atoms with Crippen molar-refractivity contribution in [3.63, 3.8) is 0 Å². The van der Waals surface area contributed by atoms with Gasteiger partial charge in [0.05, 0.1) is 6.61 Å². The maximum Gasteiger partial charge on any atom is 0.222 e. The second kappa shape index (κ2) is 8.92. The normalized spacial score (nSPS) is 14.8. The zero-order valence-corrected chi connectivity index (χ0v) is 14.8. The molecular formula is C19H30N2O2. The fourth-order valence-corrected chi connectivity index (χ4v) is 2.99. The van der Waals surface area contributed by atoms with E-state index in [1.165, 1.54) is 16.7 Å². The molecule has 1 aromatic rings. The highest BCUT2D eigenvalue weighted by atomic mass is 16.5. The topological polar surface area (TPSA) is 41.6 Å². The summed E-state index contributed by atoms with van der Waals surface area (Å²) in [7, 11) is 0. The largest absolute Gasteiger partial charge is 0.493 e. The van der Waals surface area contributed by atoms with Gasteiger partial charge in [0.1, 0.15) is 5.75 Å². The minimum atomic E-state index is 0.295. The summed E-state index contributed by atoms with van der Waals surface area (Å²) in [4.78, 5) is 14.2. The first kappa shape index (κ1) is 17.8. The number of carbonyl (C=O) groups excluding carboxylic acids is 1. The number of nitrogens with one attached hydrogen (secondary N) is 1. The quantitative estimate of drug-likeness (QED) is 0.840. The fraction of sp³-hybridized carbons (Fsp3) is 0.632. The van der Waals surface area contributed by atoms with Crippen molar-refractivity contribution >= 4 is 5.91 Å². The van der Waals surface area contributed by atoms with E-state index in [-0.39, 0.29) is 0 Å². The Bertz CT molecular complexity index is 522. The molecule has 4 heteroatoms. The first-order chi connectivity index (χ1) is 11.1. The molecule has 0 bridgehead atoms. The molecule has 2 rings (SSSR count). The number of carbonyl (C=O) groups is 1. The van der Waals surface area contributed by atoms with Crippen molar-refractivity contribution in [3.05, 3.63) is 28.8 Å². The van der Waals surface area contributed by atoms with Crippen molar-refractivity contribution in [2.24, 2.45) is 0 Å². The lowest BCUT2D eigenvalue weighted by Gasteiger charge is -2.27. The Labute approximate surface area is 140 Å². The molecule has 1 heterocycles. The highest BCUT2D eigenvalue weighted by Gasteiger charge is 2.15. The van der Waals surface area contributed by atoms with Crippen molar-refractivity contribution in [2.45, 2.75) is 46.5 Å². The second-order valence-corrected chi connectivity index (χ2v) is 6.38. The van der Waals surface area contributed by atoms with Gasteiger partial charge >= 0.3 is 0 Å². The second-order valence-electron chi connectivity index (χ2n) is 6.38. The maximum absolute atomic E-state index is 12.2. The van der Waals surface area contributed by atoms with Crippen LogP contribution in [0.3, 0.4) is 0 Å². The van der Waals surface area contributed by atoms with Crippen LogP contribution < -0.4 is 10.1 Å². The minimum Gasteiger partial charge on any atom is -0.493 e. The van der Waals surface area contributed by atoms with Crippen molar-refractivity contribution in [3.8, 4) is 5.75 Å². The summed E-state index contributed by atoms with van der Waals surface area (Å²) >= 11 is 0. The molecule has 0 aliphatic carbocycles. The van der Waals surface area contributed by atoms with E-state index in [1.807, 2.05) is 4.90 Å². The molecule has 1 aliphatic rings. The Morgan fingerprint density at radius 1 is 1.22 bits per heavy atom. The lowest BCUT2D eigenvalue weighted by atomic mass is 9.99. The lowest BCUT2D eigenvalue weighted by Crippen LogP contribution is -2.46. The van der Waals surface area contributed by atoms with Gasteiger partial charge < -0.3 is 15.0 Å². The number of benzene rings is 1. The lowest BCUT2D eigenvalue weighted by molar-refractivity contribution is -0.131. The minimum absolute atomic E-state index is 0.295. The van der Waals surface area contributed by atoms with Gasteiger partial charge in [-0.05, 0) is 55.9 Å². The molecule has 4 nitrogen and oxygen atoms in total. The van der Waals surface area contributed by atoms with E-state index in [0.29, 0.717) is 12.3 Å². The third-order valence-electron chi connectivity index (χ3n) is 4.40. The van der Waals surface area contributed by atoms with Crippen molar-refractivity contribution in [1.82, 2.24) is 10.2 Å². The molecule has 23 heavy (non-hydrogen) atoms. The molecule has 0 unspecified atom stereocenters. The number of nitrogens with zero attached hydrogens (tertiary/aromatic N) is 1. The van der Waals surface area contributed by atoms with E-state index in [1.54, 1.807) is 0 Å². The third-order valence-corrected chi connectivity index (χ3v) is 4.40. The Kier molecular flexibility index (Phi) is 6.90. The van der Waals surface area contributed by atoms with Crippen LogP contribution in [0.25, 0.3) is 0 Å². The van der Waals surface area contributed by atoms with E-state index >= 15 is 0 Å². The highest BCUT2D eigenvalue weighted by molar-refractivity contribution is 5.76. The van der Waals surface area contributed by atoms with Gasteiger partial charge in [-0.15, -0.1) is 0 Å². The predicted octanol–water partition coefficient (Wildman–Crippen LogP) is 2.85. The summed E-state index contributed by atoms with van der Waals surface area (Å²) < 4.78 is 5.78. The van der Waals surface area contributed by atoms with Crippen LogP contribution in [0.15, 0.2) is 12.1 Å². The maximum atomic E-state index is 12.2. The Morgan fingerprint density at radius 2 is 1.96 bits per heavy atom. The number of hydrogen-bond acceptors (Lipinski definition) is 3. The average molecular weight is 318 g/mol. The van der Waals surface area contributed by atoms with Crippen LogP contribution in [0.1, 0.15) is 42.9 Å². The fourth-order valence-electron chi connectivity index (χ4n) is 2.99. The van der Waals surface area contributed by atoms with Gasteiger partial charge in [0.15, 0.2) is 0 Å². The molecule has 1 aliphatic heterocycles. The zero-order chi connectivity index (χ0) is 16.7. The number of aryl methyl sites for hydroxylation is 3. The first-order valence-electron chi connectivity index (χ1n) is 8.83. The van der Waals surface area contributed by atoms with E-state index in [0.717, 1.165) is 57.8 Å². The molecule has 128 valence electrons. The summed E-state index contributed by atoms with van der Waals surface area (Å²) in [6.45, 7) is 10.6. The number of piperazine rings is 1. The van der Waals surface area contributed by atoms with Gasteiger partial charge in [0.2, 0.25) is 5.91 Å². The molecule has 1 saturated heterocycles. The van der Waals surface area contributed by atoms with Crippen LogP contribution in [-0.4, -0.2) is 43.6 Å². The molecule has 1 aromatic carbocycles. The molecule has 1 N–H and O–H groups in total. The number of rotatable bonds is 7. The van der Waals surface area contributed by atoms with E-state index in [9.17, 15) is 4.79 Å². The molecule has 0 aromatic heterocycles. The molecular weight excluding hydrogens is 288 g/mol. The van der Waals surface area contributed by atoms with Crippen LogP contribution >= 0.6 is 0 Å². The standard InChI is InChI=1S/C19H30N2O2/c1-4-12-23-18-14-15(2)17(13-16(18)3)6-5-7-19(22)21-10-8-20-9-11-21/h13-14,20H,4-12H2,1-3H3. The summed E-state index contributed by atoms with van der Waals surface area (Å²) in [5.41, 5.74) is 3.78. The Morgan fingerprint density at radius 3 is 2.65 bits per heavy atom. The van der Waals surface area contributed by atoms with Gasteiger partial charge in [-0.2, -0.15) is 0 Å². The van der Waals surface area contributed by atoms with E-state index in [2.05, 4.69) is 38.2 Å². The Balaban J connectivity index is 1.85. The van der Waals surface area contributed by atoms with Crippen LogP contribution in [-0.2, 0) is 11.2 Å². The summed E-state index contributed by atoms with van der Waals surface area (Å²) in [6.07, 6.45) is 3.54. The number of amides is 1. The molecule has 0 saturated carbocycles. The monoisotopic (exact) mass is 318 g/mol. The Hall–Kier alpha value is -1.55. The number of ether oxygens (including phenoxy) is 1. The van der Waals surface area contributed by atoms with Crippen LogP contribution in [0.4, 0.5) is 0 Å². The van der Waals surface area contributed by atoms with Gasteiger partial charge in [0, 0.05) is 32.6 Å². The summed E-state index contributed by atoms with van der Waals surface area (Å²) in [5, 5.41) is 3.28. The summed E-state index contributed by atoms with van der Waals surface area (Å²) in [5.74, 6) is 1.29. The van der Waals surface area contributed by atoms with Crippen LogP contribution in [0, 0.1) is 13.8 Å². The van der Waals surface area contributed by atoms with Gasteiger partial charge in [-0.25, -0.2) is 0 Å². The molecule has 1 amide bonds. The van der Waals surface area contributed by atoms with Crippen LogP contribution in [0.5, 0.6) is 5.75 Å². The van der Waals surface area contributed by atoms with E-state index in [4.69, 9.17) is 4.74 Å². The van der Waals surface area contributed by atoms with Gasteiger partial charge in [-0.3, -0.25) is 4.79 Å². The zero-order valence-electron chi connectivity index (χ0n) is 14.8. The predicted molar refractivity (Wildman–Crippen MR) is 94.1 cm³/mol. The SMILES string of the molecule is CCCOc1cc(C)c(CCCC(=O)N2CCNCC2)cc1C. The van der Waals surface area contributed by atoms with E-state index < -0.39 is 0 Å². The third kappa shape index (κ3) is 5.24. The van der Waals surface area contributed by atoms with Crippen LogP contribution in [0.2, 0.25) is 0 Å². The van der Waals surface area contributed by atoms with Gasteiger partial charge in [0.25, 0.3) is 0 Å². The summed E-state index contributed by atoms with van der Waals surface area (Å²) in [6, 6.07) is 4.36. The molecule has 0 spiro atoms. The van der Waals surface area contributed by atoms with Crippen molar-refractivity contribution in [1.29, 1.82) is 0 Å². The first-order valence-corrected chi connectivity index (χ1v) is 8.83. The molecule has 0 radical (unpaired) electrons. The van der Waals surface area contributed by atoms with Crippen molar-refractivity contribution in [2.75, 3.05) is 32.8 Å². The molecule has 1 fully saturated rings. The highest BCUT2D eigenvalue weighted by Crippen LogP contribution is 2.24. The molecule has 0 atom stereocenters. The number of hydrogen-bond donors (Lipinski definition) is 1. The van der Waals surface area contributed by atoms with Crippen molar-refractivity contribution < 1.29 is 9.53 Å². The smallest absolute Gasteiger partial charge is 0.222 e.